The number of rotatable bonds is 5. The van der Waals surface area contributed by atoms with Gasteiger partial charge in [-0.3, -0.25) is 0 Å². The average Bonchev–Trinajstić information content (AvgIpc) is 3.38. The van der Waals surface area contributed by atoms with Crippen molar-refractivity contribution in [1.82, 2.24) is 0 Å². The highest BCUT2D eigenvalue weighted by molar-refractivity contribution is 7.80. The van der Waals surface area contributed by atoms with Crippen LogP contribution in [0.25, 0.3) is 11.6 Å². The van der Waals surface area contributed by atoms with Crippen LogP contribution in [0, 0.1) is 0 Å². The first-order valence-corrected chi connectivity index (χ1v) is 17.4. The predicted octanol–water partition coefficient (Wildman–Crippen LogP) is 7.54. The van der Waals surface area contributed by atoms with E-state index >= 15 is 0 Å². The van der Waals surface area contributed by atoms with E-state index in [4.69, 9.17) is 0 Å². The van der Waals surface area contributed by atoms with E-state index in [1.165, 1.54) is 32.6 Å². The van der Waals surface area contributed by atoms with Crippen LogP contribution in [0.4, 0.5) is 0 Å². The van der Waals surface area contributed by atoms with Crippen LogP contribution in [0.5, 0.6) is 0 Å². The van der Waals surface area contributed by atoms with Crippen LogP contribution >= 0.6 is 7.92 Å². The minimum atomic E-state index is -0.976. The minimum absolute atomic E-state index is 0.349. The second-order valence-corrected chi connectivity index (χ2v) is 15.9. The first kappa shape index (κ1) is 23.4. The van der Waals surface area contributed by atoms with Crippen LogP contribution in [0.2, 0.25) is 13.1 Å². The Balaban J connectivity index is 1.64. The number of allylic oxidation sites excluding steroid dienone is 3. The number of hydrogen-bond donors (Lipinski definition) is 0. The van der Waals surface area contributed by atoms with Gasteiger partial charge in [0.15, 0.2) is 0 Å². The van der Waals surface area contributed by atoms with Crippen LogP contribution in [-0.4, -0.2) is 8.80 Å². The van der Waals surface area contributed by atoms with Gasteiger partial charge in [-0.1, -0.05) is 133 Å². The number of fused-ring (bicyclic) bond motifs is 2. The molecular weight excluding hydrogens is 467 g/mol. The molecule has 0 radical (unpaired) electrons. The minimum Gasteiger partial charge on any atom is -0.0714 e. The summed E-state index contributed by atoms with van der Waals surface area (Å²) in [6.45, 7) is 9.83. The topological polar surface area (TPSA) is 0 Å². The van der Waals surface area contributed by atoms with Gasteiger partial charge in [0.25, 0.3) is 0 Å². The van der Waals surface area contributed by atoms with E-state index in [2.05, 4.69) is 136 Å². The Morgan fingerprint density at radius 3 is 1.86 bits per heavy atom. The van der Waals surface area contributed by atoms with Crippen molar-refractivity contribution in [1.29, 1.82) is 0 Å². The summed E-state index contributed by atoms with van der Waals surface area (Å²) in [4.78, 5) is 0. The third kappa shape index (κ3) is 3.77. The summed E-state index contributed by atoms with van der Waals surface area (Å²) in [6.07, 6.45) is 2.42. The Morgan fingerprint density at radius 2 is 1.22 bits per heavy atom. The van der Waals surface area contributed by atoms with Crippen molar-refractivity contribution in [2.75, 3.05) is 0 Å². The third-order valence-corrected chi connectivity index (χ3v) is 12.6. The normalized spacial score (nSPS) is 18.6. The summed E-state index contributed by atoms with van der Waals surface area (Å²) in [6, 6.07) is 38.6. The fourth-order valence-corrected chi connectivity index (χ4v) is 11.2. The molecule has 0 aromatic heterocycles. The van der Waals surface area contributed by atoms with Gasteiger partial charge in [-0.05, 0) is 71.1 Å². The second-order valence-electron chi connectivity index (χ2n) is 10.5. The highest BCUT2D eigenvalue weighted by Gasteiger charge is 2.40. The molecule has 0 heterocycles. The Kier molecular flexibility index (Phi) is 6.16. The first-order valence-electron chi connectivity index (χ1n) is 13.1. The monoisotopic (exact) mass is 500 g/mol. The molecule has 0 aliphatic heterocycles. The molecule has 4 aromatic carbocycles. The van der Waals surface area contributed by atoms with Gasteiger partial charge in [-0.2, -0.15) is 0 Å². The van der Waals surface area contributed by atoms with Crippen molar-refractivity contribution >= 4 is 44.3 Å². The Labute approximate surface area is 218 Å². The second kappa shape index (κ2) is 9.47. The van der Waals surface area contributed by atoms with Gasteiger partial charge in [-0.25, -0.2) is 0 Å². The van der Waals surface area contributed by atoms with Crippen molar-refractivity contribution < 1.29 is 0 Å². The smallest absolute Gasteiger partial charge is 0.0439 e. The standard InChI is InChI=1S/C34H33PSi/c1-23-22-25-14-11-12-19-28(25)31(23)32-24(2)34(36(3)4)29-20-13-21-30(33(29)32)35(26-15-7-5-8-16-26)27-17-9-6-10-18-27/h5-22,31,34,36H,1-4H3. The van der Waals surface area contributed by atoms with Crippen molar-refractivity contribution in [2.24, 2.45) is 0 Å². The first-order chi connectivity index (χ1) is 17.6. The highest BCUT2D eigenvalue weighted by atomic mass is 31.1. The van der Waals surface area contributed by atoms with Gasteiger partial charge in [0.1, 0.15) is 0 Å². The zero-order chi connectivity index (χ0) is 24.8. The Morgan fingerprint density at radius 1 is 0.639 bits per heavy atom. The van der Waals surface area contributed by atoms with E-state index in [0.717, 1.165) is 0 Å². The summed E-state index contributed by atoms with van der Waals surface area (Å²) >= 11 is 0. The largest absolute Gasteiger partial charge is 0.0714 e. The van der Waals surface area contributed by atoms with Crippen molar-refractivity contribution in [3.05, 3.63) is 137 Å². The summed E-state index contributed by atoms with van der Waals surface area (Å²) in [5.41, 5.74) is 11.3. The molecule has 36 heavy (non-hydrogen) atoms. The summed E-state index contributed by atoms with van der Waals surface area (Å²) < 4.78 is 0. The van der Waals surface area contributed by atoms with E-state index < -0.39 is 16.7 Å². The molecule has 0 spiro atoms. The molecular formula is C34H33PSi. The summed E-state index contributed by atoms with van der Waals surface area (Å²) in [7, 11) is -1.64. The summed E-state index contributed by atoms with van der Waals surface area (Å²) in [5.74, 6) is 0.349. The van der Waals surface area contributed by atoms with E-state index in [1.807, 2.05) is 0 Å². The Hall–Kier alpha value is -2.99. The highest BCUT2D eigenvalue weighted by Crippen LogP contribution is 2.55. The van der Waals surface area contributed by atoms with Gasteiger partial charge in [0.2, 0.25) is 0 Å². The van der Waals surface area contributed by atoms with Gasteiger partial charge < -0.3 is 0 Å². The van der Waals surface area contributed by atoms with Crippen molar-refractivity contribution in [3.63, 3.8) is 0 Å². The van der Waals surface area contributed by atoms with E-state index in [0.29, 0.717) is 11.5 Å². The fourth-order valence-electron chi connectivity index (χ4n) is 6.57. The molecule has 0 nitrogen and oxygen atoms in total. The molecule has 0 bridgehead atoms. The molecule has 2 aliphatic rings. The van der Waals surface area contributed by atoms with Crippen LogP contribution in [0.3, 0.4) is 0 Å². The molecule has 2 atom stereocenters. The van der Waals surface area contributed by atoms with Crippen LogP contribution in [-0.2, 0) is 0 Å². The lowest BCUT2D eigenvalue weighted by atomic mass is 9.84. The predicted molar refractivity (Wildman–Crippen MR) is 162 cm³/mol. The molecule has 0 N–H and O–H groups in total. The zero-order valence-electron chi connectivity index (χ0n) is 21.6. The number of hydrogen-bond acceptors (Lipinski definition) is 0. The fraction of sp³-hybridized carbons (Fsp3) is 0.176. The maximum atomic E-state index is 2.52. The third-order valence-electron chi connectivity index (χ3n) is 7.94. The molecule has 0 saturated carbocycles. The lowest BCUT2D eigenvalue weighted by Crippen LogP contribution is -2.24. The molecule has 4 aromatic rings. The van der Waals surface area contributed by atoms with Gasteiger partial charge in [0, 0.05) is 14.7 Å². The summed E-state index contributed by atoms with van der Waals surface area (Å²) in [5, 5.41) is 4.37. The molecule has 0 amide bonds. The Bertz CT molecular complexity index is 1440. The maximum Gasteiger partial charge on any atom is 0.0439 e. The van der Waals surface area contributed by atoms with Crippen LogP contribution in [0.1, 0.15) is 47.6 Å². The maximum absolute atomic E-state index is 2.52. The molecule has 6 rings (SSSR count). The molecule has 2 aliphatic carbocycles. The molecule has 0 saturated heterocycles. The van der Waals surface area contributed by atoms with Crippen molar-refractivity contribution in [3.8, 4) is 0 Å². The molecule has 178 valence electrons. The van der Waals surface area contributed by atoms with E-state index in [-0.39, 0.29) is 0 Å². The zero-order valence-corrected chi connectivity index (χ0v) is 23.6. The van der Waals surface area contributed by atoms with Crippen LogP contribution < -0.4 is 15.9 Å². The SMILES string of the molecule is CC1=Cc2ccccc2C1C1=C(C)C([SiH](C)C)c2cccc(P(c3ccccc3)c3ccccc3)c21. The van der Waals surface area contributed by atoms with Gasteiger partial charge in [0.05, 0.1) is 0 Å². The van der Waals surface area contributed by atoms with Gasteiger partial charge in [-0.15, -0.1) is 0 Å². The van der Waals surface area contributed by atoms with E-state index in [9.17, 15) is 0 Å². The van der Waals surface area contributed by atoms with Crippen LogP contribution in [0.15, 0.2) is 114 Å². The lowest BCUT2D eigenvalue weighted by molar-refractivity contribution is 1.03. The number of benzene rings is 4. The molecule has 2 unspecified atom stereocenters. The molecule has 0 fully saturated rings. The van der Waals surface area contributed by atoms with Gasteiger partial charge >= 0.3 is 0 Å². The average molecular weight is 501 g/mol. The van der Waals surface area contributed by atoms with Crippen molar-refractivity contribution in [2.45, 2.75) is 38.4 Å². The quantitative estimate of drug-likeness (QED) is 0.196. The molecule has 2 heteroatoms. The van der Waals surface area contributed by atoms with E-state index in [1.54, 1.807) is 22.3 Å². The lowest BCUT2D eigenvalue weighted by Gasteiger charge is -2.26.